The maximum absolute atomic E-state index is 12.5. The second-order valence-corrected chi connectivity index (χ2v) is 8.07. The SMILES string of the molecule is O=C(NCc1ccc2c(n1)CCCC2)C1CCN(C(=O)N2CCCC2)CC1. The predicted molar refractivity (Wildman–Crippen MR) is 103 cm³/mol. The lowest BCUT2D eigenvalue weighted by Gasteiger charge is -2.34. The number of nitrogens with zero attached hydrogens (tertiary/aromatic N) is 3. The Hall–Kier alpha value is -2.11. The van der Waals surface area contributed by atoms with Gasteiger partial charge in [0.25, 0.3) is 0 Å². The van der Waals surface area contributed by atoms with Gasteiger partial charge in [0, 0.05) is 37.8 Å². The summed E-state index contributed by atoms with van der Waals surface area (Å²) in [5.41, 5.74) is 3.53. The van der Waals surface area contributed by atoms with Gasteiger partial charge < -0.3 is 15.1 Å². The van der Waals surface area contributed by atoms with Crippen LogP contribution >= 0.6 is 0 Å². The predicted octanol–water partition coefficient (Wildman–Crippen LogP) is 2.50. The lowest BCUT2D eigenvalue weighted by molar-refractivity contribution is -0.126. The quantitative estimate of drug-likeness (QED) is 0.889. The Morgan fingerprint density at radius 1 is 0.963 bits per heavy atom. The maximum Gasteiger partial charge on any atom is 0.319 e. The minimum atomic E-state index is 0.00487. The molecule has 4 rings (SSSR count). The summed E-state index contributed by atoms with van der Waals surface area (Å²) in [6, 6.07) is 4.37. The highest BCUT2D eigenvalue weighted by atomic mass is 16.2. The molecule has 0 unspecified atom stereocenters. The fraction of sp³-hybridized carbons (Fsp3) is 0.667. The van der Waals surface area contributed by atoms with E-state index in [-0.39, 0.29) is 17.9 Å². The molecule has 2 saturated heterocycles. The Labute approximate surface area is 161 Å². The first-order valence-electron chi connectivity index (χ1n) is 10.5. The van der Waals surface area contributed by atoms with Gasteiger partial charge in [-0.1, -0.05) is 6.07 Å². The molecule has 1 aromatic rings. The van der Waals surface area contributed by atoms with Crippen molar-refractivity contribution in [2.24, 2.45) is 5.92 Å². The van der Waals surface area contributed by atoms with Crippen LogP contribution in [0.5, 0.6) is 0 Å². The number of aryl methyl sites for hydroxylation is 2. The van der Waals surface area contributed by atoms with Gasteiger partial charge in [0.05, 0.1) is 12.2 Å². The molecule has 3 amide bonds. The minimum Gasteiger partial charge on any atom is -0.350 e. The van der Waals surface area contributed by atoms with Gasteiger partial charge >= 0.3 is 6.03 Å². The Morgan fingerprint density at radius 3 is 2.44 bits per heavy atom. The highest BCUT2D eigenvalue weighted by Gasteiger charge is 2.30. The number of pyridine rings is 1. The Morgan fingerprint density at radius 2 is 1.67 bits per heavy atom. The van der Waals surface area contributed by atoms with Crippen molar-refractivity contribution in [3.05, 3.63) is 29.1 Å². The number of fused-ring (bicyclic) bond motifs is 1. The highest BCUT2D eigenvalue weighted by Crippen LogP contribution is 2.21. The Kier molecular flexibility index (Phi) is 5.60. The number of carbonyl (C=O) groups excluding carboxylic acids is 2. The van der Waals surface area contributed by atoms with Crippen molar-refractivity contribution < 1.29 is 9.59 Å². The summed E-state index contributed by atoms with van der Waals surface area (Å²) in [7, 11) is 0. The average Bonchev–Trinajstić information content (AvgIpc) is 3.26. The molecule has 2 fully saturated rings. The molecular formula is C21H30N4O2. The molecule has 6 heteroatoms. The number of urea groups is 1. The van der Waals surface area contributed by atoms with E-state index in [1.165, 1.54) is 24.1 Å². The van der Waals surface area contributed by atoms with Gasteiger partial charge in [-0.05, 0) is 63.0 Å². The van der Waals surface area contributed by atoms with Gasteiger partial charge in [-0.2, -0.15) is 0 Å². The normalized spacial score (nSPS) is 20.4. The molecule has 0 spiro atoms. The number of hydrogen-bond acceptors (Lipinski definition) is 3. The lowest BCUT2D eigenvalue weighted by Crippen LogP contribution is -2.47. The van der Waals surface area contributed by atoms with E-state index in [4.69, 9.17) is 4.98 Å². The molecule has 146 valence electrons. The summed E-state index contributed by atoms with van der Waals surface area (Å²) in [5, 5.41) is 3.06. The topological polar surface area (TPSA) is 65.5 Å². The molecule has 0 bridgehead atoms. The summed E-state index contributed by atoms with van der Waals surface area (Å²) >= 11 is 0. The molecule has 3 aliphatic rings. The molecule has 0 radical (unpaired) electrons. The van der Waals surface area contributed by atoms with Crippen LogP contribution < -0.4 is 5.32 Å². The first-order chi connectivity index (χ1) is 13.2. The largest absolute Gasteiger partial charge is 0.350 e. The average molecular weight is 370 g/mol. The second kappa shape index (κ2) is 8.28. The number of likely N-dealkylation sites (tertiary alicyclic amines) is 2. The third-order valence-corrected chi connectivity index (χ3v) is 6.19. The van der Waals surface area contributed by atoms with Crippen LogP contribution in [0.25, 0.3) is 0 Å². The van der Waals surface area contributed by atoms with Crippen LogP contribution in [0.1, 0.15) is 55.5 Å². The molecule has 1 aliphatic carbocycles. The van der Waals surface area contributed by atoms with E-state index in [1.807, 2.05) is 15.9 Å². The number of amides is 3. The molecule has 3 heterocycles. The second-order valence-electron chi connectivity index (χ2n) is 8.07. The van der Waals surface area contributed by atoms with Crippen LogP contribution in [0.2, 0.25) is 0 Å². The smallest absolute Gasteiger partial charge is 0.319 e. The van der Waals surface area contributed by atoms with Crippen molar-refractivity contribution in [3.8, 4) is 0 Å². The van der Waals surface area contributed by atoms with Crippen LogP contribution in [-0.2, 0) is 24.2 Å². The van der Waals surface area contributed by atoms with Crippen molar-refractivity contribution in [1.82, 2.24) is 20.1 Å². The van der Waals surface area contributed by atoms with Gasteiger partial charge in [-0.3, -0.25) is 9.78 Å². The van der Waals surface area contributed by atoms with Crippen molar-refractivity contribution in [3.63, 3.8) is 0 Å². The summed E-state index contributed by atoms with van der Waals surface area (Å²) in [6.45, 7) is 3.63. The first-order valence-corrected chi connectivity index (χ1v) is 10.5. The standard InChI is InChI=1S/C21H30N4O2/c26-20(22-15-18-8-7-16-5-1-2-6-19(16)23-18)17-9-13-25(14-10-17)21(27)24-11-3-4-12-24/h7-8,17H,1-6,9-15H2,(H,22,26). The number of piperidine rings is 1. The summed E-state index contributed by atoms with van der Waals surface area (Å²) in [4.78, 5) is 33.6. The van der Waals surface area contributed by atoms with Gasteiger partial charge in [-0.15, -0.1) is 0 Å². The molecule has 2 aliphatic heterocycles. The zero-order chi connectivity index (χ0) is 18.6. The van der Waals surface area contributed by atoms with E-state index < -0.39 is 0 Å². The molecule has 1 N–H and O–H groups in total. The molecule has 6 nitrogen and oxygen atoms in total. The van der Waals surface area contributed by atoms with Gasteiger partial charge in [-0.25, -0.2) is 4.79 Å². The third-order valence-electron chi connectivity index (χ3n) is 6.19. The van der Waals surface area contributed by atoms with E-state index in [1.54, 1.807) is 0 Å². The molecule has 0 aromatic carbocycles. The van der Waals surface area contributed by atoms with Gasteiger partial charge in [0.1, 0.15) is 0 Å². The molecular weight excluding hydrogens is 340 g/mol. The molecule has 27 heavy (non-hydrogen) atoms. The van der Waals surface area contributed by atoms with Crippen LogP contribution in [0, 0.1) is 5.92 Å². The zero-order valence-electron chi connectivity index (χ0n) is 16.1. The number of carbonyl (C=O) groups is 2. The van der Waals surface area contributed by atoms with E-state index in [2.05, 4.69) is 11.4 Å². The summed E-state index contributed by atoms with van der Waals surface area (Å²) in [6.07, 6.45) is 8.38. The number of aromatic nitrogens is 1. The van der Waals surface area contributed by atoms with Gasteiger partial charge in [0.15, 0.2) is 0 Å². The summed E-state index contributed by atoms with van der Waals surface area (Å²) < 4.78 is 0. The van der Waals surface area contributed by atoms with Crippen LogP contribution in [0.4, 0.5) is 4.79 Å². The number of nitrogens with one attached hydrogen (secondary N) is 1. The van der Waals surface area contributed by atoms with E-state index in [9.17, 15) is 9.59 Å². The lowest BCUT2D eigenvalue weighted by atomic mass is 9.95. The van der Waals surface area contributed by atoms with Crippen LogP contribution in [0.15, 0.2) is 12.1 Å². The highest BCUT2D eigenvalue weighted by molar-refractivity contribution is 5.79. The van der Waals surface area contributed by atoms with Crippen molar-refractivity contribution in [1.29, 1.82) is 0 Å². The van der Waals surface area contributed by atoms with Gasteiger partial charge in [0.2, 0.25) is 5.91 Å². The van der Waals surface area contributed by atoms with Crippen LogP contribution in [-0.4, -0.2) is 52.9 Å². The van der Waals surface area contributed by atoms with Crippen molar-refractivity contribution in [2.75, 3.05) is 26.2 Å². The number of rotatable bonds is 3. The monoisotopic (exact) mass is 370 g/mol. The first kappa shape index (κ1) is 18.3. The third kappa shape index (κ3) is 4.25. The minimum absolute atomic E-state index is 0.00487. The molecule has 1 aromatic heterocycles. The maximum atomic E-state index is 12.5. The van der Waals surface area contributed by atoms with E-state index >= 15 is 0 Å². The van der Waals surface area contributed by atoms with Crippen molar-refractivity contribution >= 4 is 11.9 Å². The fourth-order valence-electron chi connectivity index (χ4n) is 4.49. The Balaban J connectivity index is 1.24. The van der Waals surface area contributed by atoms with E-state index in [0.29, 0.717) is 19.6 Å². The van der Waals surface area contributed by atoms with Crippen molar-refractivity contribution in [2.45, 2.75) is 57.9 Å². The fourth-order valence-corrected chi connectivity index (χ4v) is 4.49. The summed E-state index contributed by atoms with van der Waals surface area (Å²) in [5.74, 6) is 0.105. The van der Waals surface area contributed by atoms with Crippen LogP contribution in [0.3, 0.4) is 0 Å². The molecule has 0 saturated carbocycles. The zero-order valence-corrected chi connectivity index (χ0v) is 16.1. The number of hydrogen-bond donors (Lipinski definition) is 1. The molecule has 0 atom stereocenters. The Bertz CT molecular complexity index is 691. The van der Waals surface area contributed by atoms with E-state index in [0.717, 1.165) is 57.3 Å².